The fourth-order valence-corrected chi connectivity index (χ4v) is 3.78. The summed E-state index contributed by atoms with van der Waals surface area (Å²) in [5, 5.41) is 11.6. The Labute approximate surface area is 181 Å². The Morgan fingerprint density at radius 1 is 1.30 bits per heavy atom. The Kier molecular flexibility index (Phi) is 8.61. The van der Waals surface area contributed by atoms with Gasteiger partial charge in [-0.05, 0) is 30.6 Å². The molecule has 164 valence electrons. The quantitative estimate of drug-likeness (QED) is 0.365. The van der Waals surface area contributed by atoms with E-state index in [1.54, 1.807) is 18.5 Å². The molecule has 10 heteroatoms. The largest absolute Gasteiger partial charge is 0.459 e. The normalized spacial score (nSPS) is 14.9. The molecule has 1 saturated heterocycles. The van der Waals surface area contributed by atoms with Crippen molar-refractivity contribution in [3.05, 3.63) is 36.3 Å². The van der Waals surface area contributed by atoms with Crippen molar-refractivity contribution >= 4 is 23.6 Å². The van der Waals surface area contributed by atoms with Gasteiger partial charge in [-0.3, -0.25) is 9.79 Å². The SMILES string of the molecule is CCc1nncn1CCNC(=NCCCSC)N1CCN(C(=O)c2ccco2)CC1. The van der Waals surface area contributed by atoms with Gasteiger partial charge in [0.1, 0.15) is 12.2 Å². The maximum atomic E-state index is 12.5. The van der Waals surface area contributed by atoms with Crippen LogP contribution in [0.25, 0.3) is 0 Å². The van der Waals surface area contributed by atoms with Gasteiger partial charge in [-0.25, -0.2) is 0 Å². The third-order valence-corrected chi connectivity index (χ3v) is 5.71. The van der Waals surface area contributed by atoms with Gasteiger partial charge in [0.05, 0.1) is 6.26 Å². The topological polar surface area (TPSA) is 91.8 Å². The number of rotatable bonds is 9. The van der Waals surface area contributed by atoms with Crippen molar-refractivity contribution in [1.29, 1.82) is 0 Å². The third-order valence-electron chi connectivity index (χ3n) is 5.01. The highest BCUT2D eigenvalue weighted by Gasteiger charge is 2.25. The van der Waals surface area contributed by atoms with Gasteiger partial charge in [0.15, 0.2) is 11.7 Å². The number of aryl methyl sites for hydroxylation is 1. The highest BCUT2D eigenvalue weighted by molar-refractivity contribution is 7.98. The first kappa shape index (κ1) is 22.2. The van der Waals surface area contributed by atoms with E-state index < -0.39 is 0 Å². The van der Waals surface area contributed by atoms with Crippen molar-refractivity contribution < 1.29 is 9.21 Å². The second kappa shape index (κ2) is 11.6. The summed E-state index contributed by atoms with van der Waals surface area (Å²) in [6.45, 7) is 7.20. The number of aromatic nitrogens is 3. The number of furan rings is 1. The number of hydrogen-bond donors (Lipinski definition) is 1. The fraction of sp³-hybridized carbons (Fsp3) is 0.600. The number of nitrogens with zero attached hydrogens (tertiary/aromatic N) is 6. The van der Waals surface area contributed by atoms with Crippen molar-refractivity contribution in [2.24, 2.45) is 4.99 Å². The monoisotopic (exact) mass is 433 g/mol. The van der Waals surface area contributed by atoms with Crippen molar-refractivity contribution in [3.63, 3.8) is 0 Å². The van der Waals surface area contributed by atoms with Gasteiger partial charge in [-0.15, -0.1) is 10.2 Å². The van der Waals surface area contributed by atoms with Crippen LogP contribution in [-0.2, 0) is 13.0 Å². The molecule has 0 unspecified atom stereocenters. The summed E-state index contributed by atoms with van der Waals surface area (Å²) < 4.78 is 7.32. The molecule has 2 aromatic heterocycles. The van der Waals surface area contributed by atoms with E-state index >= 15 is 0 Å². The first-order chi connectivity index (χ1) is 14.7. The number of amides is 1. The van der Waals surface area contributed by atoms with Gasteiger partial charge in [-0.1, -0.05) is 6.92 Å². The Bertz CT molecular complexity index is 798. The molecule has 1 aliphatic heterocycles. The lowest BCUT2D eigenvalue weighted by Crippen LogP contribution is -2.54. The summed E-state index contributed by atoms with van der Waals surface area (Å²) >= 11 is 1.84. The third kappa shape index (κ3) is 6.01. The van der Waals surface area contributed by atoms with Crippen LogP contribution in [0.2, 0.25) is 0 Å². The second-order valence-corrected chi connectivity index (χ2v) is 8.01. The van der Waals surface area contributed by atoms with E-state index in [-0.39, 0.29) is 5.91 Å². The Morgan fingerprint density at radius 2 is 2.10 bits per heavy atom. The molecule has 0 atom stereocenters. The molecule has 3 rings (SSSR count). The molecule has 2 aromatic rings. The minimum Gasteiger partial charge on any atom is -0.459 e. The van der Waals surface area contributed by atoms with E-state index in [2.05, 4.69) is 38.2 Å². The van der Waals surface area contributed by atoms with Crippen LogP contribution >= 0.6 is 11.8 Å². The Morgan fingerprint density at radius 3 is 2.80 bits per heavy atom. The Hall–Kier alpha value is -2.49. The number of aliphatic imine (C=N–C) groups is 1. The van der Waals surface area contributed by atoms with Gasteiger partial charge in [0.25, 0.3) is 5.91 Å². The molecule has 0 aliphatic carbocycles. The molecular weight excluding hydrogens is 402 g/mol. The van der Waals surface area contributed by atoms with E-state index in [0.717, 1.165) is 63.1 Å². The maximum absolute atomic E-state index is 12.5. The van der Waals surface area contributed by atoms with Gasteiger partial charge in [-0.2, -0.15) is 11.8 Å². The Balaban J connectivity index is 1.54. The molecule has 0 saturated carbocycles. The van der Waals surface area contributed by atoms with Crippen LogP contribution in [0.5, 0.6) is 0 Å². The minimum atomic E-state index is -0.0502. The highest BCUT2D eigenvalue weighted by Crippen LogP contribution is 2.10. The number of piperazine rings is 1. The lowest BCUT2D eigenvalue weighted by molar-refractivity contribution is 0.0657. The van der Waals surface area contributed by atoms with E-state index in [0.29, 0.717) is 18.8 Å². The predicted octanol–water partition coefficient (Wildman–Crippen LogP) is 1.59. The molecule has 1 amide bonds. The van der Waals surface area contributed by atoms with Crippen molar-refractivity contribution in [1.82, 2.24) is 29.9 Å². The van der Waals surface area contributed by atoms with Gasteiger partial charge in [0.2, 0.25) is 0 Å². The van der Waals surface area contributed by atoms with Crippen LogP contribution in [-0.4, -0.2) is 87.7 Å². The minimum absolute atomic E-state index is 0.0502. The zero-order chi connectivity index (χ0) is 21.2. The molecule has 9 nitrogen and oxygen atoms in total. The molecule has 0 aromatic carbocycles. The van der Waals surface area contributed by atoms with E-state index in [9.17, 15) is 4.79 Å². The molecule has 3 heterocycles. The van der Waals surface area contributed by atoms with Crippen LogP contribution in [0, 0.1) is 0 Å². The lowest BCUT2D eigenvalue weighted by atomic mass is 10.3. The van der Waals surface area contributed by atoms with Crippen LogP contribution in [0.1, 0.15) is 29.7 Å². The van der Waals surface area contributed by atoms with Crippen molar-refractivity contribution in [3.8, 4) is 0 Å². The number of thioether (sulfide) groups is 1. The van der Waals surface area contributed by atoms with Crippen molar-refractivity contribution in [2.45, 2.75) is 26.3 Å². The van der Waals surface area contributed by atoms with Crippen LogP contribution < -0.4 is 5.32 Å². The summed E-state index contributed by atoms with van der Waals surface area (Å²) in [7, 11) is 0. The molecule has 1 aliphatic rings. The number of carbonyl (C=O) groups excluding carboxylic acids is 1. The fourth-order valence-electron chi connectivity index (χ4n) is 3.37. The van der Waals surface area contributed by atoms with Crippen LogP contribution in [0.15, 0.2) is 34.1 Å². The summed E-state index contributed by atoms with van der Waals surface area (Å²) in [4.78, 5) is 21.4. The van der Waals surface area contributed by atoms with E-state index in [1.165, 1.54) is 6.26 Å². The van der Waals surface area contributed by atoms with Gasteiger partial charge in [0, 0.05) is 52.2 Å². The summed E-state index contributed by atoms with van der Waals surface area (Å²) in [6, 6.07) is 3.46. The zero-order valence-electron chi connectivity index (χ0n) is 17.8. The lowest BCUT2D eigenvalue weighted by Gasteiger charge is -2.36. The molecular formula is C20H31N7O2S. The molecule has 0 spiro atoms. The van der Waals surface area contributed by atoms with Crippen LogP contribution in [0.3, 0.4) is 0 Å². The number of nitrogens with one attached hydrogen (secondary N) is 1. The standard InChI is InChI=1S/C20H31N7O2S/c1-3-18-24-23-16-27(18)9-8-22-20(21-7-5-15-30-2)26-12-10-25(11-13-26)19(28)17-6-4-14-29-17/h4,6,14,16H,3,5,7-13,15H2,1-2H3,(H,21,22). The van der Waals surface area contributed by atoms with E-state index in [1.807, 2.05) is 16.7 Å². The highest BCUT2D eigenvalue weighted by atomic mass is 32.2. The average molecular weight is 434 g/mol. The summed E-state index contributed by atoms with van der Waals surface area (Å²) in [6.07, 6.45) is 7.33. The van der Waals surface area contributed by atoms with Gasteiger partial charge < -0.3 is 24.1 Å². The average Bonchev–Trinajstić information content (AvgIpc) is 3.47. The first-order valence-electron chi connectivity index (χ1n) is 10.4. The molecule has 0 bridgehead atoms. The molecule has 1 N–H and O–H groups in total. The summed E-state index contributed by atoms with van der Waals surface area (Å²) in [5.41, 5.74) is 0. The van der Waals surface area contributed by atoms with Crippen LogP contribution in [0.4, 0.5) is 0 Å². The number of hydrogen-bond acceptors (Lipinski definition) is 6. The molecule has 30 heavy (non-hydrogen) atoms. The molecule has 1 fully saturated rings. The smallest absolute Gasteiger partial charge is 0.289 e. The zero-order valence-corrected chi connectivity index (χ0v) is 18.6. The predicted molar refractivity (Wildman–Crippen MR) is 119 cm³/mol. The summed E-state index contributed by atoms with van der Waals surface area (Å²) in [5.74, 6) is 3.34. The van der Waals surface area contributed by atoms with Gasteiger partial charge >= 0.3 is 0 Å². The number of guanidine groups is 1. The number of carbonyl (C=O) groups is 1. The second-order valence-electron chi connectivity index (χ2n) is 7.03. The van der Waals surface area contributed by atoms with Crippen molar-refractivity contribution in [2.75, 3.05) is 51.3 Å². The first-order valence-corrected chi connectivity index (χ1v) is 11.8. The maximum Gasteiger partial charge on any atom is 0.289 e. The van der Waals surface area contributed by atoms with E-state index in [4.69, 9.17) is 9.41 Å². The molecule has 0 radical (unpaired) electrons.